The molecule has 2 aliphatic heterocycles. The average Bonchev–Trinajstić information content (AvgIpc) is 3.20. The maximum absolute atomic E-state index is 5.97. The van der Waals surface area contributed by atoms with Crippen molar-refractivity contribution >= 4 is 11.0 Å². The Kier molecular flexibility index (Phi) is 4.12. The van der Waals surface area contributed by atoms with Crippen LogP contribution in [0.1, 0.15) is 56.9 Å². The van der Waals surface area contributed by atoms with Crippen molar-refractivity contribution < 1.29 is 4.74 Å². The van der Waals surface area contributed by atoms with Crippen molar-refractivity contribution in [3.05, 3.63) is 29.6 Å². The molecule has 4 rings (SSSR count). The lowest BCUT2D eigenvalue weighted by Gasteiger charge is -2.38. The van der Waals surface area contributed by atoms with Crippen molar-refractivity contribution in [2.75, 3.05) is 13.2 Å². The number of hydrogen-bond acceptors (Lipinski definition) is 3. The highest BCUT2D eigenvalue weighted by Gasteiger charge is 2.29. The number of nitrogens with zero attached hydrogens (tertiary/aromatic N) is 2. The molecule has 2 aromatic rings. The smallest absolute Gasteiger partial charge is 0.137 e. The molecule has 23 heavy (non-hydrogen) atoms. The monoisotopic (exact) mass is 313 g/mol. The summed E-state index contributed by atoms with van der Waals surface area (Å²) < 4.78 is 5.97. The van der Waals surface area contributed by atoms with E-state index < -0.39 is 0 Å². The summed E-state index contributed by atoms with van der Waals surface area (Å²) in [5.41, 5.74) is 3.67. The normalized spacial score (nSPS) is 29.4. The molecule has 3 atom stereocenters. The molecule has 0 unspecified atom stereocenters. The Balaban J connectivity index is 1.70. The summed E-state index contributed by atoms with van der Waals surface area (Å²) in [7, 11) is 0. The van der Waals surface area contributed by atoms with Crippen LogP contribution in [0.25, 0.3) is 11.0 Å². The Morgan fingerprint density at radius 1 is 1.30 bits per heavy atom. The molecular weight excluding hydrogens is 286 g/mol. The molecule has 2 fully saturated rings. The topological polar surface area (TPSA) is 41.1 Å². The van der Waals surface area contributed by atoms with E-state index in [0.717, 1.165) is 37.6 Å². The Labute approximate surface area is 138 Å². The van der Waals surface area contributed by atoms with Crippen LogP contribution in [-0.2, 0) is 11.3 Å². The third-order valence-corrected chi connectivity index (χ3v) is 5.83. The Morgan fingerprint density at radius 2 is 2.22 bits per heavy atom. The number of ether oxygens (including phenoxy) is 1. The van der Waals surface area contributed by atoms with E-state index in [2.05, 4.69) is 34.8 Å². The van der Waals surface area contributed by atoms with Gasteiger partial charge in [0.05, 0.1) is 11.8 Å². The van der Waals surface area contributed by atoms with Gasteiger partial charge in [-0.25, -0.2) is 4.98 Å². The lowest BCUT2D eigenvalue weighted by atomic mass is 9.91. The molecule has 4 heterocycles. The van der Waals surface area contributed by atoms with Crippen molar-refractivity contribution in [1.82, 2.24) is 14.9 Å². The van der Waals surface area contributed by atoms with Gasteiger partial charge in [-0.15, -0.1) is 0 Å². The molecule has 0 aromatic carbocycles. The van der Waals surface area contributed by atoms with E-state index in [-0.39, 0.29) is 6.10 Å². The Morgan fingerprint density at radius 3 is 3.04 bits per heavy atom. The second-order valence-electron chi connectivity index (χ2n) is 7.25. The molecule has 0 spiro atoms. The molecule has 0 bridgehead atoms. The van der Waals surface area contributed by atoms with Crippen LogP contribution in [0.5, 0.6) is 0 Å². The van der Waals surface area contributed by atoms with Gasteiger partial charge in [0.15, 0.2) is 0 Å². The van der Waals surface area contributed by atoms with Gasteiger partial charge in [0.2, 0.25) is 0 Å². The first-order chi connectivity index (χ1) is 11.2. The molecule has 2 saturated heterocycles. The van der Waals surface area contributed by atoms with Crippen molar-refractivity contribution in [1.29, 1.82) is 0 Å². The highest BCUT2D eigenvalue weighted by molar-refractivity contribution is 5.81. The Bertz CT molecular complexity index is 674. The molecule has 0 amide bonds. The third-order valence-electron chi connectivity index (χ3n) is 5.83. The zero-order chi connectivity index (χ0) is 15.8. The molecule has 0 aliphatic carbocycles. The number of H-pyrrole nitrogens is 1. The summed E-state index contributed by atoms with van der Waals surface area (Å²) >= 11 is 0. The zero-order valence-corrected chi connectivity index (χ0v) is 14.2. The number of aromatic nitrogens is 2. The maximum atomic E-state index is 5.97. The Hall–Kier alpha value is -1.39. The summed E-state index contributed by atoms with van der Waals surface area (Å²) in [4.78, 5) is 10.7. The lowest BCUT2D eigenvalue weighted by Crippen LogP contribution is -2.41. The van der Waals surface area contributed by atoms with Gasteiger partial charge < -0.3 is 9.72 Å². The van der Waals surface area contributed by atoms with Crippen LogP contribution in [0.2, 0.25) is 0 Å². The molecule has 2 aromatic heterocycles. The highest BCUT2D eigenvalue weighted by atomic mass is 16.5. The maximum Gasteiger partial charge on any atom is 0.137 e. The van der Waals surface area contributed by atoms with E-state index in [1.807, 2.05) is 12.3 Å². The van der Waals surface area contributed by atoms with Gasteiger partial charge in [0, 0.05) is 30.8 Å². The predicted molar refractivity (Wildman–Crippen MR) is 92.3 cm³/mol. The zero-order valence-electron chi connectivity index (χ0n) is 14.2. The molecule has 4 heteroatoms. The number of piperidine rings is 1. The van der Waals surface area contributed by atoms with Crippen LogP contribution >= 0.6 is 0 Å². The highest BCUT2D eigenvalue weighted by Crippen LogP contribution is 2.35. The molecular formula is C19H27N3O. The minimum Gasteiger partial charge on any atom is -0.372 e. The van der Waals surface area contributed by atoms with Crippen LogP contribution in [-0.4, -0.2) is 34.1 Å². The number of likely N-dealkylation sites (tertiary alicyclic amines) is 1. The fourth-order valence-electron chi connectivity index (χ4n) is 4.19. The second kappa shape index (κ2) is 6.25. The number of pyridine rings is 1. The van der Waals surface area contributed by atoms with E-state index in [4.69, 9.17) is 4.74 Å². The number of nitrogens with one attached hydrogen (secondary N) is 1. The number of rotatable bonds is 3. The largest absolute Gasteiger partial charge is 0.372 e. The summed E-state index contributed by atoms with van der Waals surface area (Å²) in [5.74, 6) is 0.776. The molecule has 2 aliphatic rings. The number of hydrogen-bond donors (Lipinski definition) is 1. The van der Waals surface area contributed by atoms with Gasteiger partial charge in [-0.05, 0) is 62.8 Å². The van der Waals surface area contributed by atoms with Gasteiger partial charge in [-0.3, -0.25) is 4.90 Å². The third kappa shape index (κ3) is 2.79. The van der Waals surface area contributed by atoms with E-state index in [1.54, 1.807) is 0 Å². The van der Waals surface area contributed by atoms with Crippen LogP contribution < -0.4 is 0 Å². The standard InChI is InChI=1S/C19H27N3O/c1-13-6-4-10-22(14(13)2)12-16-15-7-3-9-20-19(15)21-18(16)17-8-5-11-23-17/h3,7,9,13-14,17H,4-6,8,10-12H2,1-2H3,(H,20,21)/t13-,14+,17+/m1/s1. The first-order valence-electron chi connectivity index (χ1n) is 9.05. The van der Waals surface area contributed by atoms with Crippen LogP contribution in [0.4, 0.5) is 0 Å². The fourth-order valence-corrected chi connectivity index (χ4v) is 4.19. The molecule has 124 valence electrons. The minimum atomic E-state index is 0.219. The van der Waals surface area contributed by atoms with E-state index in [0.29, 0.717) is 6.04 Å². The van der Waals surface area contributed by atoms with Crippen molar-refractivity contribution in [3.8, 4) is 0 Å². The lowest BCUT2D eigenvalue weighted by molar-refractivity contribution is 0.0965. The quantitative estimate of drug-likeness (QED) is 0.930. The van der Waals surface area contributed by atoms with Crippen molar-refractivity contribution in [2.45, 2.75) is 58.2 Å². The number of aromatic amines is 1. The fraction of sp³-hybridized carbons (Fsp3) is 0.632. The van der Waals surface area contributed by atoms with Gasteiger partial charge in [-0.2, -0.15) is 0 Å². The summed E-state index contributed by atoms with van der Waals surface area (Å²) in [6.45, 7) is 7.84. The minimum absolute atomic E-state index is 0.219. The van der Waals surface area contributed by atoms with Crippen LogP contribution in [0, 0.1) is 5.92 Å². The van der Waals surface area contributed by atoms with Crippen molar-refractivity contribution in [2.24, 2.45) is 5.92 Å². The van der Waals surface area contributed by atoms with Gasteiger partial charge in [0.1, 0.15) is 5.65 Å². The van der Waals surface area contributed by atoms with Crippen molar-refractivity contribution in [3.63, 3.8) is 0 Å². The SMILES string of the molecule is C[C@@H]1CCCN(Cc2c([C@@H]3CCCO3)[nH]c3ncccc23)[C@H]1C. The summed E-state index contributed by atoms with van der Waals surface area (Å²) in [5, 5.41) is 1.27. The first kappa shape index (κ1) is 15.2. The molecule has 0 saturated carbocycles. The van der Waals surface area contributed by atoms with E-state index in [1.165, 1.54) is 36.0 Å². The van der Waals surface area contributed by atoms with Crippen LogP contribution in [0.15, 0.2) is 18.3 Å². The first-order valence-corrected chi connectivity index (χ1v) is 9.05. The van der Waals surface area contributed by atoms with Gasteiger partial charge in [-0.1, -0.05) is 6.92 Å². The second-order valence-corrected chi connectivity index (χ2v) is 7.25. The molecule has 1 N–H and O–H groups in total. The summed E-state index contributed by atoms with van der Waals surface area (Å²) in [6.07, 6.45) is 7.02. The number of fused-ring (bicyclic) bond motifs is 1. The van der Waals surface area contributed by atoms with Crippen LogP contribution in [0.3, 0.4) is 0 Å². The predicted octanol–water partition coefficient (Wildman–Crippen LogP) is 4.03. The van der Waals surface area contributed by atoms with E-state index in [9.17, 15) is 0 Å². The summed E-state index contributed by atoms with van der Waals surface area (Å²) in [6, 6.07) is 4.88. The molecule has 0 radical (unpaired) electrons. The molecule has 4 nitrogen and oxygen atoms in total. The van der Waals surface area contributed by atoms with Gasteiger partial charge >= 0.3 is 0 Å². The van der Waals surface area contributed by atoms with Gasteiger partial charge in [0.25, 0.3) is 0 Å². The van der Waals surface area contributed by atoms with E-state index >= 15 is 0 Å². The average molecular weight is 313 g/mol.